The van der Waals surface area contributed by atoms with Gasteiger partial charge in [-0.05, 0) is 26.7 Å². The summed E-state index contributed by atoms with van der Waals surface area (Å²) >= 11 is 0. The van der Waals surface area contributed by atoms with Crippen LogP contribution in [0.25, 0.3) is 0 Å². The molecule has 1 saturated heterocycles. The minimum Gasteiger partial charge on any atom is -0.481 e. The Morgan fingerprint density at radius 1 is 0.911 bits per heavy atom. The van der Waals surface area contributed by atoms with Crippen LogP contribution in [-0.2, 0) is 43.0 Å². The number of carboxylic acid groups (broad SMARTS) is 1. The van der Waals surface area contributed by atoms with Crippen molar-refractivity contribution in [1.29, 1.82) is 0 Å². The van der Waals surface area contributed by atoms with Gasteiger partial charge in [0.15, 0.2) is 6.29 Å². The third kappa shape index (κ3) is 15.0. The number of nitrogens with one attached hydrogen (secondary N) is 3. The molecule has 0 radical (unpaired) electrons. The van der Waals surface area contributed by atoms with E-state index in [-0.39, 0.29) is 12.8 Å². The van der Waals surface area contributed by atoms with Gasteiger partial charge in [-0.3, -0.25) is 28.8 Å². The summed E-state index contributed by atoms with van der Waals surface area (Å²) in [5, 5.41) is 37.5. The van der Waals surface area contributed by atoms with Crippen LogP contribution in [0.1, 0.15) is 91.9 Å². The van der Waals surface area contributed by atoms with Crippen molar-refractivity contribution in [2.45, 2.75) is 141 Å². The van der Waals surface area contributed by atoms with E-state index in [4.69, 9.17) is 25.1 Å². The molecule has 1 aliphatic rings. The van der Waals surface area contributed by atoms with Gasteiger partial charge in [0, 0.05) is 19.8 Å². The topological polar surface area (TPSA) is 253 Å². The second-order valence-corrected chi connectivity index (χ2v) is 11.2. The lowest BCUT2D eigenvalue weighted by Crippen LogP contribution is -2.66. The molecule has 0 aromatic rings. The fourth-order valence-electron chi connectivity index (χ4n) is 4.64. The molecule has 0 bridgehead atoms. The third-order valence-corrected chi connectivity index (χ3v) is 7.25. The summed E-state index contributed by atoms with van der Waals surface area (Å²) in [6, 6.07) is -3.80. The van der Waals surface area contributed by atoms with E-state index < -0.39 is 97.4 Å². The smallest absolute Gasteiger partial charge is 0.305 e. The quantitative estimate of drug-likeness (QED) is 0.0608. The van der Waals surface area contributed by atoms with Crippen molar-refractivity contribution in [3.05, 3.63) is 0 Å². The molecule has 1 rings (SSSR count). The van der Waals surface area contributed by atoms with Crippen molar-refractivity contribution in [2.75, 3.05) is 6.61 Å². The summed E-state index contributed by atoms with van der Waals surface area (Å²) in [7, 11) is 0. The number of aliphatic carboxylic acids is 1. The van der Waals surface area contributed by atoms with Crippen LogP contribution in [0, 0.1) is 0 Å². The van der Waals surface area contributed by atoms with Crippen molar-refractivity contribution in [2.24, 2.45) is 5.73 Å². The summed E-state index contributed by atoms with van der Waals surface area (Å²) in [6.45, 7) is 5.49. The monoisotopic (exact) mass is 646 g/mol. The van der Waals surface area contributed by atoms with E-state index in [9.17, 15) is 39.0 Å². The van der Waals surface area contributed by atoms with E-state index in [0.29, 0.717) is 6.42 Å². The third-order valence-electron chi connectivity index (χ3n) is 7.25. The SMILES string of the molecule is CCCCCCCCCC(=O)OC[C@H]1OC(O)[C@H](NC(C)=O)[C@@H](OC(C)C(=O)N[C@@H](C)C(=O)N[C@H](CCC(=O)O)C(N)=O)[C@@H]1O. The highest BCUT2D eigenvalue weighted by Crippen LogP contribution is 2.24. The number of carboxylic acids is 1. The summed E-state index contributed by atoms with van der Waals surface area (Å²) in [4.78, 5) is 71.8. The predicted molar refractivity (Wildman–Crippen MR) is 158 cm³/mol. The zero-order valence-electron chi connectivity index (χ0n) is 26.5. The Morgan fingerprint density at radius 3 is 2.11 bits per heavy atom. The Balaban J connectivity index is 2.78. The maximum absolute atomic E-state index is 12.9. The van der Waals surface area contributed by atoms with Gasteiger partial charge < -0.3 is 51.2 Å². The first-order valence-corrected chi connectivity index (χ1v) is 15.4. The average molecular weight is 647 g/mol. The number of carbonyl (C=O) groups excluding carboxylic acids is 5. The Morgan fingerprint density at radius 2 is 1.53 bits per heavy atom. The second kappa shape index (κ2) is 20.6. The molecule has 8 N–H and O–H groups in total. The van der Waals surface area contributed by atoms with Crippen molar-refractivity contribution in [3.8, 4) is 0 Å². The van der Waals surface area contributed by atoms with Gasteiger partial charge >= 0.3 is 11.9 Å². The summed E-state index contributed by atoms with van der Waals surface area (Å²) in [6.07, 6.45) is -0.597. The molecule has 0 spiro atoms. The van der Waals surface area contributed by atoms with Gasteiger partial charge in [0.25, 0.3) is 0 Å². The molecule has 16 nitrogen and oxygen atoms in total. The normalized spacial score (nSPS) is 23.2. The van der Waals surface area contributed by atoms with Crippen LogP contribution in [-0.4, -0.2) is 106 Å². The molecule has 1 aliphatic heterocycles. The highest BCUT2D eigenvalue weighted by molar-refractivity contribution is 5.92. The molecular weight excluding hydrogens is 596 g/mol. The standard InChI is InChI=1S/C29H50N4O12/c1-5-6-7-8-9-10-11-12-22(37)43-15-20-24(38)25(23(29(42)45-20)32-18(4)34)44-17(3)28(41)31-16(2)27(40)33-19(26(30)39)13-14-21(35)36/h16-17,19-20,23-25,29,38,42H,5-15H2,1-4H3,(H2,30,39)(H,31,41)(H,32,34)(H,33,40)(H,35,36)/t16-,17?,19+,20+,23+,24+,25+,29?/m0/s1. The number of aliphatic hydroxyl groups excluding tert-OH is 2. The highest BCUT2D eigenvalue weighted by Gasteiger charge is 2.47. The van der Waals surface area contributed by atoms with Crippen LogP contribution in [0.2, 0.25) is 0 Å². The number of amides is 4. The Hall–Kier alpha value is -3.34. The number of unbranched alkanes of at least 4 members (excludes halogenated alkanes) is 6. The van der Waals surface area contributed by atoms with Gasteiger partial charge in [-0.1, -0.05) is 45.4 Å². The molecule has 0 aromatic carbocycles. The first-order valence-electron chi connectivity index (χ1n) is 15.4. The average Bonchev–Trinajstić information content (AvgIpc) is 2.96. The van der Waals surface area contributed by atoms with Crippen molar-refractivity contribution in [3.63, 3.8) is 0 Å². The van der Waals surface area contributed by atoms with E-state index in [2.05, 4.69) is 22.9 Å². The Labute approximate surface area is 263 Å². The van der Waals surface area contributed by atoms with Crippen molar-refractivity contribution < 1.29 is 58.3 Å². The van der Waals surface area contributed by atoms with Crippen LogP contribution < -0.4 is 21.7 Å². The van der Waals surface area contributed by atoms with E-state index >= 15 is 0 Å². The molecule has 0 saturated carbocycles. The lowest BCUT2D eigenvalue weighted by atomic mass is 9.96. The van der Waals surface area contributed by atoms with E-state index in [1.54, 1.807) is 0 Å². The first kappa shape index (κ1) is 39.7. The van der Waals surface area contributed by atoms with Crippen molar-refractivity contribution in [1.82, 2.24) is 16.0 Å². The zero-order chi connectivity index (χ0) is 34.1. The fraction of sp³-hybridized carbons (Fsp3) is 0.793. The number of carbonyl (C=O) groups is 6. The summed E-state index contributed by atoms with van der Waals surface area (Å²) in [5.41, 5.74) is 5.23. The van der Waals surface area contributed by atoms with E-state index in [1.165, 1.54) is 27.2 Å². The molecule has 2 unspecified atom stereocenters. The molecule has 45 heavy (non-hydrogen) atoms. The van der Waals surface area contributed by atoms with Crippen LogP contribution in [0.4, 0.5) is 0 Å². The van der Waals surface area contributed by atoms with Crippen molar-refractivity contribution >= 4 is 35.6 Å². The van der Waals surface area contributed by atoms with E-state index in [1.807, 2.05) is 0 Å². The van der Waals surface area contributed by atoms with Crippen LogP contribution in [0.15, 0.2) is 0 Å². The minimum atomic E-state index is -1.69. The van der Waals surface area contributed by atoms with E-state index in [0.717, 1.165) is 32.1 Å². The zero-order valence-corrected chi connectivity index (χ0v) is 26.5. The number of aliphatic hydroxyl groups is 2. The second-order valence-electron chi connectivity index (χ2n) is 11.2. The Bertz CT molecular complexity index is 996. The Kier molecular flexibility index (Phi) is 18.2. The maximum atomic E-state index is 12.9. The lowest BCUT2D eigenvalue weighted by Gasteiger charge is -2.43. The number of rotatable bonds is 21. The fourth-order valence-corrected chi connectivity index (χ4v) is 4.64. The van der Waals surface area contributed by atoms with Gasteiger partial charge in [0.2, 0.25) is 23.6 Å². The molecule has 8 atom stereocenters. The van der Waals surface area contributed by atoms with Gasteiger partial charge in [0.1, 0.15) is 49.1 Å². The molecule has 1 heterocycles. The first-order chi connectivity index (χ1) is 21.2. The molecule has 16 heteroatoms. The number of ether oxygens (including phenoxy) is 3. The number of hydrogen-bond acceptors (Lipinski definition) is 11. The molecule has 258 valence electrons. The van der Waals surface area contributed by atoms with Gasteiger partial charge in [-0.2, -0.15) is 0 Å². The number of esters is 1. The molecule has 4 amide bonds. The highest BCUT2D eigenvalue weighted by atomic mass is 16.6. The maximum Gasteiger partial charge on any atom is 0.305 e. The lowest BCUT2D eigenvalue weighted by molar-refractivity contribution is -0.267. The van der Waals surface area contributed by atoms with Gasteiger partial charge in [-0.15, -0.1) is 0 Å². The predicted octanol–water partition coefficient (Wildman–Crippen LogP) is -0.634. The molecule has 0 aliphatic carbocycles. The van der Waals surface area contributed by atoms with Gasteiger partial charge in [-0.25, -0.2) is 0 Å². The minimum absolute atomic E-state index is 0.177. The number of primary amides is 1. The summed E-state index contributed by atoms with van der Waals surface area (Å²) in [5.74, 6) is -4.88. The van der Waals surface area contributed by atoms with Crippen LogP contribution in [0.5, 0.6) is 0 Å². The van der Waals surface area contributed by atoms with Gasteiger partial charge in [0.05, 0.1) is 0 Å². The number of nitrogens with two attached hydrogens (primary N) is 1. The largest absolute Gasteiger partial charge is 0.481 e. The molecule has 0 aromatic heterocycles. The molecular formula is C29H50N4O12. The number of hydrogen-bond donors (Lipinski definition) is 7. The van der Waals surface area contributed by atoms with Crippen LogP contribution in [0.3, 0.4) is 0 Å². The van der Waals surface area contributed by atoms with Crippen LogP contribution >= 0.6 is 0 Å². The molecule has 1 fully saturated rings. The summed E-state index contributed by atoms with van der Waals surface area (Å²) < 4.78 is 16.4.